The van der Waals surface area contributed by atoms with Crippen molar-refractivity contribution in [1.29, 1.82) is 0 Å². The number of rotatable bonds is 3. The minimum absolute atomic E-state index is 0.184. The van der Waals surface area contributed by atoms with Crippen LogP contribution in [0.5, 0.6) is 0 Å². The van der Waals surface area contributed by atoms with Gasteiger partial charge in [-0.25, -0.2) is 4.39 Å². The Kier molecular flexibility index (Phi) is 3.17. The molecule has 2 heterocycles. The molecule has 1 aromatic heterocycles. The molecule has 0 aliphatic carbocycles. The van der Waals surface area contributed by atoms with Gasteiger partial charge in [0.2, 0.25) is 0 Å². The topological polar surface area (TPSA) is 42.1 Å². The summed E-state index contributed by atoms with van der Waals surface area (Å²) in [7, 11) is 0. The van der Waals surface area contributed by atoms with Crippen molar-refractivity contribution in [3.05, 3.63) is 59.2 Å². The van der Waals surface area contributed by atoms with Crippen molar-refractivity contribution < 1.29 is 4.39 Å². The van der Waals surface area contributed by atoms with E-state index in [0.717, 1.165) is 36.5 Å². The fourth-order valence-electron chi connectivity index (χ4n) is 2.59. The highest BCUT2D eigenvalue weighted by molar-refractivity contribution is 5.58. The Balaban J connectivity index is 1.88. The number of anilines is 1. The van der Waals surface area contributed by atoms with Gasteiger partial charge in [0.1, 0.15) is 5.82 Å². The van der Waals surface area contributed by atoms with E-state index in [0.29, 0.717) is 6.54 Å². The molecule has 3 rings (SSSR count). The fourth-order valence-corrected chi connectivity index (χ4v) is 2.59. The summed E-state index contributed by atoms with van der Waals surface area (Å²) in [6.45, 7) is 2.08. The summed E-state index contributed by atoms with van der Waals surface area (Å²) >= 11 is 0. The van der Waals surface area contributed by atoms with Crippen molar-refractivity contribution in [3.63, 3.8) is 0 Å². The molecule has 19 heavy (non-hydrogen) atoms. The Morgan fingerprint density at radius 3 is 3.05 bits per heavy atom. The molecule has 1 aliphatic heterocycles. The third-order valence-electron chi connectivity index (χ3n) is 3.58. The lowest BCUT2D eigenvalue weighted by Crippen LogP contribution is -2.21. The summed E-state index contributed by atoms with van der Waals surface area (Å²) < 4.78 is 13.4. The van der Waals surface area contributed by atoms with Gasteiger partial charge in [-0.15, -0.1) is 0 Å². The highest BCUT2D eigenvalue weighted by Crippen LogP contribution is 2.30. The zero-order valence-corrected chi connectivity index (χ0v) is 10.6. The molecule has 98 valence electrons. The number of hydrogen-bond donors (Lipinski definition) is 1. The highest BCUT2D eigenvalue weighted by atomic mass is 19.1. The maximum atomic E-state index is 13.4. The van der Waals surface area contributed by atoms with Crippen molar-refractivity contribution in [2.24, 2.45) is 5.73 Å². The van der Waals surface area contributed by atoms with Crippen LogP contribution < -0.4 is 10.6 Å². The number of nitrogens with two attached hydrogens (primary N) is 1. The van der Waals surface area contributed by atoms with Gasteiger partial charge in [-0.1, -0.05) is 12.1 Å². The molecular weight excluding hydrogens is 241 g/mol. The summed E-state index contributed by atoms with van der Waals surface area (Å²) in [5.74, 6) is -0.184. The number of aromatic nitrogens is 1. The van der Waals surface area contributed by atoms with Gasteiger partial charge in [-0.3, -0.25) is 4.98 Å². The molecular formula is C15H16FN3. The van der Waals surface area contributed by atoms with Gasteiger partial charge >= 0.3 is 0 Å². The summed E-state index contributed by atoms with van der Waals surface area (Å²) in [5, 5.41) is 0. The average molecular weight is 257 g/mol. The molecule has 1 aromatic carbocycles. The first-order valence-electron chi connectivity index (χ1n) is 6.44. The van der Waals surface area contributed by atoms with Crippen molar-refractivity contribution in [1.82, 2.24) is 4.98 Å². The lowest BCUT2D eigenvalue weighted by Gasteiger charge is -2.20. The fraction of sp³-hybridized carbons (Fsp3) is 0.267. The lowest BCUT2D eigenvalue weighted by molar-refractivity contribution is 0.627. The van der Waals surface area contributed by atoms with Crippen LogP contribution in [-0.2, 0) is 19.5 Å². The molecule has 2 aromatic rings. The minimum Gasteiger partial charge on any atom is -0.366 e. The number of halogens is 1. The van der Waals surface area contributed by atoms with E-state index in [4.69, 9.17) is 5.73 Å². The van der Waals surface area contributed by atoms with Crippen LogP contribution in [0.25, 0.3) is 0 Å². The predicted molar refractivity (Wildman–Crippen MR) is 73.3 cm³/mol. The summed E-state index contributed by atoms with van der Waals surface area (Å²) in [5.41, 5.74) is 9.93. The SMILES string of the molecule is NCc1ncccc1CN1CCc2ccc(F)cc21. The molecule has 0 saturated heterocycles. The number of benzene rings is 1. The maximum absolute atomic E-state index is 13.4. The summed E-state index contributed by atoms with van der Waals surface area (Å²) in [6, 6.07) is 8.96. The Labute approximate surface area is 111 Å². The van der Waals surface area contributed by atoms with Gasteiger partial charge in [0.15, 0.2) is 0 Å². The number of nitrogens with zero attached hydrogens (tertiary/aromatic N) is 2. The molecule has 1 aliphatic rings. The van der Waals surface area contributed by atoms with E-state index in [1.165, 1.54) is 11.6 Å². The second-order valence-electron chi connectivity index (χ2n) is 4.76. The third kappa shape index (κ3) is 2.31. The second-order valence-corrected chi connectivity index (χ2v) is 4.76. The molecule has 2 N–H and O–H groups in total. The van der Waals surface area contributed by atoms with E-state index in [-0.39, 0.29) is 5.82 Å². The van der Waals surface area contributed by atoms with E-state index in [1.54, 1.807) is 12.3 Å². The average Bonchev–Trinajstić information content (AvgIpc) is 2.82. The smallest absolute Gasteiger partial charge is 0.125 e. The molecule has 0 radical (unpaired) electrons. The molecule has 0 fully saturated rings. The van der Waals surface area contributed by atoms with Crippen molar-refractivity contribution >= 4 is 5.69 Å². The standard InChI is InChI=1S/C15H16FN3/c16-13-4-3-11-5-7-19(15(11)8-13)10-12-2-1-6-18-14(12)9-17/h1-4,6,8H,5,7,9-10,17H2. The van der Waals surface area contributed by atoms with E-state index in [1.807, 2.05) is 18.2 Å². The molecule has 0 bridgehead atoms. The normalized spacial score (nSPS) is 13.7. The Hall–Kier alpha value is -1.94. The van der Waals surface area contributed by atoms with E-state index >= 15 is 0 Å². The Morgan fingerprint density at radius 1 is 1.32 bits per heavy atom. The Morgan fingerprint density at radius 2 is 2.21 bits per heavy atom. The van der Waals surface area contributed by atoms with Gasteiger partial charge in [0, 0.05) is 31.5 Å². The summed E-state index contributed by atoms with van der Waals surface area (Å²) in [6.07, 6.45) is 2.72. The summed E-state index contributed by atoms with van der Waals surface area (Å²) in [4.78, 5) is 6.48. The van der Waals surface area contributed by atoms with Crippen molar-refractivity contribution in [2.75, 3.05) is 11.4 Å². The first kappa shape index (κ1) is 12.1. The first-order valence-corrected chi connectivity index (χ1v) is 6.44. The van der Waals surface area contributed by atoms with Crippen LogP contribution >= 0.6 is 0 Å². The molecule has 0 unspecified atom stereocenters. The minimum atomic E-state index is -0.184. The lowest BCUT2D eigenvalue weighted by atomic mass is 10.1. The van der Waals surface area contributed by atoms with Crippen LogP contribution in [0.3, 0.4) is 0 Å². The second kappa shape index (κ2) is 4.97. The molecule has 0 atom stereocenters. The van der Waals surface area contributed by atoms with Gasteiger partial charge < -0.3 is 10.6 Å². The number of pyridine rings is 1. The zero-order chi connectivity index (χ0) is 13.2. The largest absolute Gasteiger partial charge is 0.366 e. The van der Waals surface area contributed by atoms with E-state index in [9.17, 15) is 4.39 Å². The van der Waals surface area contributed by atoms with Crippen LogP contribution in [0.2, 0.25) is 0 Å². The molecule has 4 heteroatoms. The Bertz CT molecular complexity index is 598. The van der Waals surface area contributed by atoms with Gasteiger partial charge in [0.25, 0.3) is 0 Å². The zero-order valence-electron chi connectivity index (χ0n) is 10.6. The highest BCUT2D eigenvalue weighted by Gasteiger charge is 2.20. The maximum Gasteiger partial charge on any atom is 0.125 e. The monoisotopic (exact) mass is 257 g/mol. The van der Waals surface area contributed by atoms with Crippen LogP contribution in [0.15, 0.2) is 36.5 Å². The van der Waals surface area contributed by atoms with E-state index < -0.39 is 0 Å². The van der Waals surface area contributed by atoms with Gasteiger partial charge in [-0.2, -0.15) is 0 Å². The van der Waals surface area contributed by atoms with Crippen LogP contribution in [0, 0.1) is 5.82 Å². The van der Waals surface area contributed by atoms with Crippen molar-refractivity contribution in [2.45, 2.75) is 19.5 Å². The van der Waals surface area contributed by atoms with Gasteiger partial charge in [-0.05, 0) is 35.7 Å². The quantitative estimate of drug-likeness (QED) is 0.917. The number of fused-ring (bicyclic) bond motifs is 1. The first-order chi connectivity index (χ1) is 9.28. The van der Waals surface area contributed by atoms with Crippen LogP contribution in [0.4, 0.5) is 10.1 Å². The predicted octanol–water partition coefficient (Wildman–Crippen LogP) is 2.24. The van der Waals surface area contributed by atoms with E-state index in [2.05, 4.69) is 9.88 Å². The van der Waals surface area contributed by atoms with Crippen LogP contribution in [0.1, 0.15) is 16.8 Å². The van der Waals surface area contributed by atoms with Gasteiger partial charge in [0.05, 0.1) is 5.69 Å². The number of hydrogen-bond acceptors (Lipinski definition) is 3. The molecule has 3 nitrogen and oxygen atoms in total. The van der Waals surface area contributed by atoms with Crippen molar-refractivity contribution in [3.8, 4) is 0 Å². The molecule has 0 spiro atoms. The third-order valence-corrected chi connectivity index (χ3v) is 3.58. The molecule has 0 saturated carbocycles. The van der Waals surface area contributed by atoms with Crippen LogP contribution in [-0.4, -0.2) is 11.5 Å². The molecule has 0 amide bonds.